The Morgan fingerprint density at radius 2 is 2.24 bits per heavy atom. The summed E-state index contributed by atoms with van der Waals surface area (Å²) in [5.74, 6) is -0.0388. The predicted molar refractivity (Wildman–Crippen MR) is 75.5 cm³/mol. The average Bonchev–Trinajstić information content (AvgIpc) is 2.31. The molecule has 0 aromatic heterocycles. The van der Waals surface area contributed by atoms with Crippen molar-refractivity contribution >= 4 is 23.4 Å². The van der Waals surface area contributed by atoms with Gasteiger partial charge in [-0.25, -0.2) is 0 Å². The Labute approximate surface area is 107 Å². The molecule has 0 heterocycles. The van der Waals surface area contributed by atoms with Crippen LogP contribution in [-0.4, -0.2) is 24.0 Å². The van der Waals surface area contributed by atoms with Crippen LogP contribution in [0.1, 0.15) is 29.3 Å². The van der Waals surface area contributed by atoms with Crippen LogP contribution in [0.15, 0.2) is 18.2 Å². The van der Waals surface area contributed by atoms with Crippen LogP contribution in [0.3, 0.4) is 0 Å². The van der Waals surface area contributed by atoms with Gasteiger partial charge in [-0.15, -0.1) is 0 Å². The standard InChI is InChI=1S/C13H20N2OS/c1-9-4-5-11(14)8-12(9)13(16)15-7-6-10(2)17-3/h4-5,8,10H,6-7,14H2,1-3H3,(H,15,16). The number of rotatable bonds is 5. The van der Waals surface area contributed by atoms with Crippen LogP contribution in [0.2, 0.25) is 0 Å². The van der Waals surface area contributed by atoms with E-state index in [-0.39, 0.29) is 5.91 Å². The second-order valence-electron chi connectivity index (χ2n) is 4.17. The number of anilines is 1. The molecular formula is C13H20N2OS. The lowest BCUT2D eigenvalue weighted by Gasteiger charge is -2.10. The van der Waals surface area contributed by atoms with Crippen molar-refractivity contribution in [3.05, 3.63) is 29.3 Å². The average molecular weight is 252 g/mol. The molecule has 1 aromatic carbocycles. The van der Waals surface area contributed by atoms with Gasteiger partial charge in [0, 0.05) is 23.0 Å². The maximum absolute atomic E-state index is 11.9. The van der Waals surface area contributed by atoms with Crippen LogP contribution in [0.4, 0.5) is 5.69 Å². The Balaban J connectivity index is 2.55. The van der Waals surface area contributed by atoms with Gasteiger partial charge in [-0.2, -0.15) is 11.8 Å². The van der Waals surface area contributed by atoms with Gasteiger partial charge < -0.3 is 11.1 Å². The van der Waals surface area contributed by atoms with E-state index in [1.165, 1.54) is 0 Å². The van der Waals surface area contributed by atoms with Crippen molar-refractivity contribution in [3.8, 4) is 0 Å². The summed E-state index contributed by atoms with van der Waals surface area (Å²) in [6, 6.07) is 5.40. The number of hydrogen-bond acceptors (Lipinski definition) is 3. The number of nitrogen functional groups attached to an aromatic ring is 1. The van der Waals surface area contributed by atoms with E-state index >= 15 is 0 Å². The topological polar surface area (TPSA) is 55.1 Å². The van der Waals surface area contributed by atoms with Crippen molar-refractivity contribution in [2.24, 2.45) is 0 Å². The highest BCUT2D eigenvalue weighted by Crippen LogP contribution is 2.13. The summed E-state index contributed by atoms with van der Waals surface area (Å²) in [6.07, 6.45) is 3.06. The monoisotopic (exact) mass is 252 g/mol. The summed E-state index contributed by atoms with van der Waals surface area (Å²) in [5, 5.41) is 3.49. The van der Waals surface area contributed by atoms with Gasteiger partial charge in [-0.1, -0.05) is 13.0 Å². The number of aryl methyl sites for hydroxylation is 1. The molecule has 0 radical (unpaired) electrons. The fraction of sp³-hybridized carbons (Fsp3) is 0.462. The zero-order valence-corrected chi connectivity index (χ0v) is 11.4. The van der Waals surface area contributed by atoms with Gasteiger partial charge >= 0.3 is 0 Å². The maximum atomic E-state index is 11.9. The van der Waals surface area contributed by atoms with Crippen LogP contribution < -0.4 is 11.1 Å². The van der Waals surface area contributed by atoms with E-state index in [1.807, 2.05) is 19.1 Å². The molecule has 0 saturated heterocycles. The van der Waals surface area contributed by atoms with Gasteiger partial charge in [-0.05, 0) is 37.3 Å². The molecule has 1 rings (SSSR count). The zero-order chi connectivity index (χ0) is 12.8. The highest BCUT2D eigenvalue weighted by Gasteiger charge is 2.09. The van der Waals surface area contributed by atoms with Gasteiger partial charge in [0.25, 0.3) is 5.91 Å². The lowest BCUT2D eigenvalue weighted by Crippen LogP contribution is -2.26. The van der Waals surface area contributed by atoms with Crippen molar-refractivity contribution in [2.75, 3.05) is 18.5 Å². The van der Waals surface area contributed by atoms with Crippen molar-refractivity contribution in [3.63, 3.8) is 0 Å². The largest absolute Gasteiger partial charge is 0.399 e. The molecule has 1 aromatic rings. The number of amides is 1. The van der Waals surface area contributed by atoms with E-state index in [9.17, 15) is 4.79 Å². The fourth-order valence-corrected chi connectivity index (χ4v) is 1.84. The predicted octanol–water partition coefficient (Wildman–Crippen LogP) is 2.45. The first-order valence-corrected chi connectivity index (χ1v) is 7.00. The summed E-state index contributed by atoms with van der Waals surface area (Å²) in [4.78, 5) is 11.9. The Bertz CT molecular complexity index is 393. The Morgan fingerprint density at radius 3 is 2.88 bits per heavy atom. The molecule has 1 atom stereocenters. The zero-order valence-electron chi connectivity index (χ0n) is 10.6. The molecule has 0 aliphatic heterocycles. The number of hydrogen-bond donors (Lipinski definition) is 2. The quantitative estimate of drug-likeness (QED) is 0.791. The number of thioether (sulfide) groups is 1. The Kier molecular flexibility index (Phi) is 5.35. The minimum atomic E-state index is -0.0388. The SMILES string of the molecule is CSC(C)CCNC(=O)c1cc(N)ccc1C. The maximum Gasteiger partial charge on any atom is 0.251 e. The first kappa shape index (κ1) is 13.9. The summed E-state index contributed by atoms with van der Waals surface area (Å²) < 4.78 is 0. The highest BCUT2D eigenvalue weighted by atomic mass is 32.2. The lowest BCUT2D eigenvalue weighted by molar-refractivity contribution is 0.0953. The van der Waals surface area contributed by atoms with E-state index in [2.05, 4.69) is 18.5 Å². The van der Waals surface area contributed by atoms with Crippen LogP contribution >= 0.6 is 11.8 Å². The molecule has 1 unspecified atom stereocenters. The Hall–Kier alpha value is -1.16. The van der Waals surface area contributed by atoms with Gasteiger partial charge in [0.1, 0.15) is 0 Å². The van der Waals surface area contributed by atoms with Crippen molar-refractivity contribution in [2.45, 2.75) is 25.5 Å². The van der Waals surface area contributed by atoms with Gasteiger partial charge in [-0.3, -0.25) is 4.79 Å². The van der Waals surface area contributed by atoms with Crippen molar-refractivity contribution in [1.82, 2.24) is 5.32 Å². The van der Waals surface area contributed by atoms with Crippen LogP contribution in [0.5, 0.6) is 0 Å². The van der Waals surface area contributed by atoms with Gasteiger partial charge in [0.2, 0.25) is 0 Å². The van der Waals surface area contributed by atoms with Gasteiger partial charge in [0.15, 0.2) is 0 Å². The molecule has 0 saturated carbocycles. The number of benzene rings is 1. The highest BCUT2D eigenvalue weighted by molar-refractivity contribution is 7.99. The van der Waals surface area contributed by atoms with Crippen LogP contribution in [-0.2, 0) is 0 Å². The van der Waals surface area contributed by atoms with Crippen molar-refractivity contribution < 1.29 is 4.79 Å². The molecule has 17 heavy (non-hydrogen) atoms. The van der Waals surface area contributed by atoms with E-state index in [4.69, 9.17) is 5.73 Å². The second kappa shape index (κ2) is 6.55. The van der Waals surface area contributed by atoms with E-state index in [1.54, 1.807) is 17.8 Å². The van der Waals surface area contributed by atoms with Gasteiger partial charge in [0.05, 0.1) is 0 Å². The first-order valence-electron chi connectivity index (χ1n) is 5.71. The van der Waals surface area contributed by atoms with Crippen LogP contribution in [0.25, 0.3) is 0 Å². The number of carbonyl (C=O) groups is 1. The molecule has 3 N–H and O–H groups in total. The molecule has 0 fully saturated rings. The third-order valence-corrected chi connectivity index (χ3v) is 3.79. The Morgan fingerprint density at radius 1 is 1.53 bits per heavy atom. The van der Waals surface area contributed by atoms with Crippen LogP contribution in [0, 0.1) is 6.92 Å². The third-order valence-electron chi connectivity index (χ3n) is 2.75. The van der Waals surface area contributed by atoms with E-state index in [0.29, 0.717) is 23.0 Å². The third kappa shape index (κ3) is 4.30. The number of nitrogens with one attached hydrogen (secondary N) is 1. The summed E-state index contributed by atoms with van der Waals surface area (Å²) in [5.41, 5.74) is 7.93. The molecular weight excluding hydrogens is 232 g/mol. The van der Waals surface area contributed by atoms with E-state index in [0.717, 1.165) is 12.0 Å². The fourth-order valence-electron chi connectivity index (χ4n) is 1.49. The molecule has 94 valence electrons. The molecule has 0 bridgehead atoms. The molecule has 0 aliphatic rings. The first-order chi connectivity index (χ1) is 8.04. The number of carbonyl (C=O) groups excluding carboxylic acids is 1. The molecule has 3 nitrogen and oxygen atoms in total. The summed E-state index contributed by atoms with van der Waals surface area (Å²) in [7, 11) is 0. The van der Waals surface area contributed by atoms with Crippen molar-refractivity contribution in [1.29, 1.82) is 0 Å². The molecule has 4 heteroatoms. The molecule has 1 amide bonds. The lowest BCUT2D eigenvalue weighted by atomic mass is 10.1. The van der Waals surface area contributed by atoms with E-state index < -0.39 is 0 Å². The normalized spacial score (nSPS) is 12.2. The summed E-state index contributed by atoms with van der Waals surface area (Å²) in [6.45, 7) is 4.77. The molecule has 0 spiro atoms. The minimum absolute atomic E-state index is 0.0388. The minimum Gasteiger partial charge on any atom is -0.399 e. The summed E-state index contributed by atoms with van der Waals surface area (Å²) >= 11 is 1.81. The smallest absolute Gasteiger partial charge is 0.251 e. The molecule has 0 aliphatic carbocycles. The number of nitrogens with two attached hydrogens (primary N) is 1. The second-order valence-corrected chi connectivity index (χ2v) is 5.44.